The normalized spacial score (nSPS) is 15.5. The van der Waals surface area contributed by atoms with Crippen molar-refractivity contribution in [2.24, 2.45) is 5.92 Å². The first-order chi connectivity index (χ1) is 10.1. The SMILES string of the molecule is O=c1[nH]c(CC2CCCC2)nc(O)c1-c1ccc(Br)cc1. The lowest BCUT2D eigenvalue weighted by Crippen LogP contribution is -2.16. The predicted octanol–water partition coefficient (Wildman–Crippen LogP) is 3.64. The molecule has 0 saturated heterocycles. The fourth-order valence-corrected chi connectivity index (χ4v) is 3.23. The Bertz CT molecular complexity index is 688. The number of rotatable bonds is 3. The van der Waals surface area contributed by atoms with E-state index in [1.165, 1.54) is 25.7 Å². The first-order valence-electron chi connectivity index (χ1n) is 7.21. The van der Waals surface area contributed by atoms with Crippen molar-refractivity contribution >= 4 is 15.9 Å². The van der Waals surface area contributed by atoms with E-state index >= 15 is 0 Å². The third-order valence-electron chi connectivity index (χ3n) is 4.04. The fourth-order valence-electron chi connectivity index (χ4n) is 2.97. The van der Waals surface area contributed by atoms with Crippen LogP contribution in [0.25, 0.3) is 11.1 Å². The molecule has 1 aliphatic rings. The Morgan fingerprint density at radius 3 is 2.52 bits per heavy atom. The Kier molecular flexibility index (Phi) is 4.10. The average molecular weight is 349 g/mol. The van der Waals surface area contributed by atoms with E-state index in [2.05, 4.69) is 25.9 Å². The van der Waals surface area contributed by atoms with Gasteiger partial charge < -0.3 is 10.1 Å². The van der Waals surface area contributed by atoms with Crippen molar-refractivity contribution in [1.82, 2.24) is 9.97 Å². The van der Waals surface area contributed by atoms with Gasteiger partial charge in [-0.3, -0.25) is 4.79 Å². The van der Waals surface area contributed by atoms with E-state index in [-0.39, 0.29) is 17.0 Å². The molecule has 1 fully saturated rings. The Morgan fingerprint density at radius 2 is 1.90 bits per heavy atom. The molecular weight excluding hydrogens is 332 g/mol. The maximum Gasteiger partial charge on any atom is 0.262 e. The Labute approximate surface area is 131 Å². The summed E-state index contributed by atoms with van der Waals surface area (Å²) in [6.07, 6.45) is 5.59. The molecule has 0 radical (unpaired) electrons. The number of halogens is 1. The third-order valence-corrected chi connectivity index (χ3v) is 4.57. The van der Waals surface area contributed by atoms with Crippen molar-refractivity contribution in [3.63, 3.8) is 0 Å². The lowest BCUT2D eigenvalue weighted by atomic mass is 10.0. The summed E-state index contributed by atoms with van der Waals surface area (Å²) in [5.74, 6) is 0.977. The van der Waals surface area contributed by atoms with Crippen LogP contribution in [0.2, 0.25) is 0 Å². The lowest BCUT2D eigenvalue weighted by molar-refractivity contribution is 0.444. The van der Waals surface area contributed by atoms with Gasteiger partial charge in [-0.1, -0.05) is 53.7 Å². The molecule has 1 aliphatic carbocycles. The Balaban J connectivity index is 1.92. The summed E-state index contributed by atoms with van der Waals surface area (Å²) < 4.78 is 0.924. The van der Waals surface area contributed by atoms with E-state index in [9.17, 15) is 9.90 Å². The van der Waals surface area contributed by atoms with Crippen LogP contribution in [0.1, 0.15) is 31.5 Å². The van der Waals surface area contributed by atoms with Gasteiger partial charge in [0.15, 0.2) is 0 Å². The van der Waals surface area contributed by atoms with Crippen molar-refractivity contribution in [2.45, 2.75) is 32.1 Å². The molecule has 0 spiro atoms. The molecule has 1 saturated carbocycles. The minimum atomic E-state index is -0.280. The van der Waals surface area contributed by atoms with Gasteiger partial charge in [0, 0.05) is 10.9 Å². The Hall–Kier alpha value is -1.62. The van der Waals surface area contributed by atoms with Gasteiger partial charge in [0.25, 0.3) is 5.56 Å². The maximum atomic E-state index is 12.3. The zero-order chi connectivity index (χ0) is 14.8. The zero-order valence-electron chi connectivity index (χ0n) is 11.6. The molecule has 4 nitrogen and oxygen atoms in total. The standard InChI is InChI=1S/C16H17BrN2O2/c17-12-7-5-11(6-8-12)14-15(20)18-13(19-16(14)21)9-10-3-1-2-4-10/h5-8,10H,1-4,9H2,(H2,18,19,20,21). The van der Waals surface area contributed by atoms with E-state index in [1.807, 2.05) is 12.1 Å². The molecule has 5 heteroatoms. The number of aromatic amines is 1. The van der Waals surface area contributed by atoms with E-state index in [4.69, 9.17) is 0 Å². The largest absolute Gasteiger partial charge is 0.493 e. The topological polar surface area (TPSA) is 66.0 Å². The van der Waals surface area contributed by atoms with Gasteiger partial charge >= 0.3 is 0 Å². The van der Waals surface area contributed by atoms with Crippen LogP contribution < -0.4 is 5.56 Å². The molecule has 1 aromatic heterocycles. The highest BCUT2D eigenvalue weighted by molar-refractivity contribution is 9.10. The minimum absolute atomic E-state index is 0.186. The number of nitrogens with zero attached hydrogens (tertiary/aromatic N) is 1. The molecule has 0 amide bonds. The molecule has 2 N–H and O–H groups in total. The summed E-state index contributed by atoms with van der Waals surface area (Å²) in [7, 11) is 0. The van der Waals surface area contributed by atoms with Gasteiger partial charge in [-0.2, -0.15) is 4.98 Å². The summed E-state index contributed by atoms with van der Waals surface area (Å²) in [5, 5.41) is 10.1. The van der Waals surface area contributed by atoms with Crippen LogP contribution in [-0.2, 0) is 6.42 Å². The molecule has 0 atom stereocenters. The van der Waals surface area contributed by atoms with E-state index in [0.717, 1.165) is 10.9 Å². The van der Waals surface area contributed by atoms with Gasteiger partial charge in [0.1, 0.15) is 11.4 Å². The molecule has 21 heavy (non-hydrogen) atoms. The lowest BCUT2D eigenvalue weighted by Gasteiger charge is -2.10. The summed E-state index contributed by atoms with van der Waals surface area (Å²) in [6.45, 7) is 0. The van der Waals surface area contributed by atoms with Gasteiger partial charge in [-0.25, -0.2) is 0 Å². The van der Waals surface area contributed by atoms with Gasteiger partial charge in [-0.15, -0.1) is 0 Å². The number of benzene rings is 1. The van der Waals surface area contributed by atoms with Crippen molar-refractivity contribution in [3.8, 4) is 17.0 Å². The summed E-state index contributed by atoms with van der Waals surface area (Å²) in [6, 6.07) is 7.24. The molecule has 1 aromatic carbocycles. The minimum Gasteiger partial charge on any atom is -0.493 e. The number of hydrogen-bond donors (Lipinski definition) is 2. The number of nitrogens with one attached hydrogen (secondary N) is 1. The van der Waals surface area contributed by atoms with Crippen LogP contribution in [0.3, 0.4) is 0 Å². The molecule has 0 unspecified atom stereocenters. The second-order valence-corrected chi connectivity index (χ2v) is 6.49. The number of H-pyrrole nitrogens is 1. The maximum absolute atomic E-state index is 12.3. The van der Waals surface area contributed by atoms with Crippen molar-refractivity contribution in [1.29, 1.82) is 0 Å². The molecule has 2 aromatic rings. The number of hydrogen-bond acceptors (Lipinski definition) is 3. The highest BCUT2D eigenvalue weighted by atomic mass is 79.9. The quantitative estimate of drug-likeness (QED) is 0.889. The van der Waals surface area contributed by atoms with Crippen molar-refractivity contribution in [2.75, 3.05) is 0 Å². The molecular formula is C16H17BrN2O2. The van der Waals surface area contributed by atoms with Crippen LogP contribution in [-0.4, -0.2) is 15.1 Å². The third kappa shape index (κ3) is 3.18. The Morgan fingerprint density at radius 1 is 1.24 bits per heavy atom. The highest BCUT2D eigenvalue weighted by Gasteiger charge is 2.19. The average Bonchev–Trinajstić information content (AvgIpc) is 2.93. The highest BCUT2D eigenvalue weighted by Crippen LogP contribution is 2.29. The first kappa shape index (κ1) is 14.3. The second-order valence-electron chi connectivity index (χ2n) is 5.57. The second kappa shape index (κ2) is 6.02. The zero-order valence-corrected chi connectivity index (χ0v) is 13.2. The van der Waals surface area contributed by atoms with Crippen LogP contribution >= 0.6 is 15.9 Å². The molecule has 0 aliphatic heterocycles. The molecule has 110 valence electrons. The predicted molar refractivity (Wildman–Crippen MR) is 85.3 cm³/mol. The van der Waals surface area contributed by atoms with E-state index < -0.39 is 0 Å². The van der Waals surface area contributed by atoms with Crippen LogP contribution in [0.4, 0.5) is 0 Å². The smallest absolute Gasteiger partial charge is 0.262 e. The monoisotopic (exact) mass is 348 g/mol. The summed E-state index contributed by atoms with van der Waals surface area (Å²) >= 11 is 3.35. The van der Waals surface area contributed by atoms with Crippen LogP contribution in [0.5, 0.6) is 5.88 Å². The fraction of sp³-hybridized carbons (Fsp3) is 0.375. The van der Waals surface area contributed by atoms with Gasteiger partial charge in [0.2, 0.25) is 5.88 Å². The van der Waals surface area contributed by atoms with Crippen LogP contribution in [0, 0.1) is 5.92 Å². The van der Waals surface area contributed by atoms with Gasteiger partial charge in [-0.05, 0) is 23.6 Å². The van der Waals surface area contributed by atoms with Crippen LogP contribution in [0.15, 0.2) is 33.5 Å². The number of aromatic hydroxyl groups is 1. The summed E-state index contributed by atoms with van der Waals surface area (Å²) in [4.78, 5) is 19.3. The van der Waals surface area contributed by atoms with E-state index in [0.29, 0.717) is 17.3 Å². The van der Waals surface area contributed by atoms with E-state index in [1.54, 1.807) is 12.1 Å². The van der Waals surface area contributed by atoms with Crippen molar-refractivity contribution in [3.05, 3.63) is 44.9 Å². The molecule has 0 bridgehead atoms. The van der Waals surface area contributed by atoms with Gasteiger partial charge in [0.05, 0.1) is 0 Å². The number of aromatic nitrogens is 2. The molecule has 1 heterocycles. The van der Waals surface area contributed by atoms with Crippen molar-refractivity contribution < 1.29 is 5.11 Å². The summed E-state index contributed by atoms with van der Waals surface area (Å²) in [5.41, 5.74) is 0.618. The first-order valence-corrected chi connectivity index (χ1v) is 8.01. The molecule has 3 rings (SSSR count).